The number of aromatic nitrogens is 1. The Morgan fingerprint density at radius 1 is 1.45 bits per heavy atom. The van der Waals surface area contributed by atoms with E-state index in [1.165, 1.54) is 17.8 Å². The van der Waals surface area contributed by atoms with Gasteiger partial charge in [0.05, 0.1) is 11.1 Å². The van der Waals surface area contributed by atoms with Crippen molar-refractivity contribution in [2.75, 3.05) is 16.8 Å². The monoisotopic (exact) mass is 310 g/mol. The van der Waals surface area contributed by atoms with E-state index in [4.69, 9.17) is 11.0 Å². The van der Waals surface area contributed by atoms with Crippen molar-refractivity contribution in [1.82, 2.24) is 4.98 Å². The third kappa shape index (κ3) is 3.65. The molecule has 22 heavy (non-hydrogen) atoms. The molecule has 0 atom stereocenters. The van der Waals surface area contributed by atoms with Crippen LogP contribution in [0.3, 0.4) is 0 Å². The molecule has 110 valence electrons. The van der Waals surface area contributed by atoms with Crippen molar-refractivity contribution < 1.29 is 4.79 Å². The van der Waals surface area contributed by atoms with E-state index >= 15 is 0 Å². The van der Waals surface area contributed by atoms with Crippen molar-refractivity contribution in [3.05, 3.63) is 60.2 Å². The molecule has 6 heteroatoms. The summed E-state index contributed by atoms with van der Waals surface area (Å²) in [6, 6.07) is 12.5. The standard InChI is InChI=1S/C16H14N4OS/c1-2-8-22-16-13(9-11(10-17)14(18)20-16)15(21)19-12-6-4-3-5-7-12/h2-7,9H,1,8H2,(H2,18,20)(H,19,21). The van der Waals surface area contributed by atoms with Crippen LogP contribution in [0.15, 0.2) is 54.1 Å². The third-order valence-corrected chi connectivity index (χ3v) is 3.74. The molecule has 3 N–H and O–H groups in total. The van der Waals surface area contributed by atoms with Gasteiger partial charge in [-0.15, -0.1) is 18.3 Å². The molecule has 2 rings (SSSR count). The highest BCUT2D eigenvalue weighted by molar-refractivity contribution is 7.99. The van der Waals surface area contributed by atoms with Crippen LogP contribution in [0.1, 0.15) is 15.9 Å². The summed E-state index contributed by atoms with van der Waals surface area (Å²) >= 11 is 1.34. The van der Waals surface area contributed by atoms with Gasteiger partial charge in [-0.1, -0.05) is 24.3 Å². The van der Waals surface area contributed by atoms with Crippen LogP contribution < -0.4 is 11.1 Å². The van der Waals surface area contributed by atoms with Crippen LogP contribution in [0.4, 0.5) is 11.5 Å². The molecule has 0 saturated carbocycles. The van der Waals surface area contributed by atoms with Crippen LogP contribution in [0.5, 0.6) is 0 Å². The summed E-state index contributed by atoms with van der Waals surface area (Å²) in [5.41, 5.74) is 6.89. The number of benzene rings is 1. The highest BCUT2D eigenvalue weighted by atomic mass is 32.2. The molecule has 0 aliphatic rings. The number of hydrogen-bond donors (Lipinski definition) is 2. The first-order chi connectivity index (χ1) is 10.7. The topological polar surface area (TPSA) is 91.8 Å². The van der Waals surface area contributed by atoms with Gasteiger partial charge in [-0.25, -0.2) is 4.98 Å². The molecular formula is C16H14N4OS. The molecule has 0 fully saturated rings. The highest BCUT2D eigenvalue weighted by Gasteiger charge is 2.16. The van der Waals surface area contributed by atoms with Gasteiger partial charge in [0.25, 0.3) is 5.91 Å². The Bertz CT molecular complexity index is 738. The van der Waals surface area contributed by atoms with Crippen molar-refractivity contribution in [3.63, 3.8) is 0 Å². The second kappa shape index (κ2) is 7.29. The fourth-order valence-corrected chi connectivity index (χ4v) is 2.48. The van der Waals surface area contributed by atoms with E-state index in [1.807, 2.05) is 24.3 Å². The maximum atomic E-state index is 12.4. The molecule has 0 bridgehead atoms. The molecule has 1 heterocycles. The van der Waals surface area contributed by atoms with E-state index in [9.17, 15) is 4.79 Å². The Labute approximate surface area is 132 Å². The molecule has 0 aliphatic heterocycles. The number of para-hydroxylation sites is 1. The molecule has 1 aromatic heterocycles. The highest BCUT2D eigenvalue weighted by Crippen LogP contribution is 2.25. The van der Waals surface area contributed by atoms with Crippen LogP contribution in [0.2, 0.25) is 0 Å². The summed E-state index contributed by atoms with van der Waals surface area (Å²) in [5.74, 6) is 0.372. The minimum Gasteiger partial charge on any atom is -0.383 e. The van der Waals surface area contributed by atoms with Crippen molar-refractivity contribution in [3.8, 4) is 6.07 Å². The van der Waals surface area contributed by atoms with Gasteiger partial charge < -0.3 is 11.1 Å². The lowest BCUT2D eigenvalue weighted by Crippen LogP contribution is -2.15. The Morgan fingerprint density at radius 3 is 2.82 bits per heavy atom. The van der Waals surface area contributed by atoms with Crippen molar-refractivity contribution >= 4 is 29.2 Å². The van der Waals surface area contributed by atoms with Crippen LogP contribution in [-0.2, 0) is 0 Å². The van der Waals surface area contributed by atoms with E-state index in [0.29, 0.717) is 22.0 Å². The number of nitriles is 1. The van der Waals surface area contributed by atoms with Crippen LogP contribution in [-0.4, -0.2) is 16.6 Å². The Balaban J connectivity index is 2.36. The van der Waals surface area contributed by atoms with E-state index < -0.39 is 0 Å². The number of carbonyl (C=O) groups is 1. The van der Waals surface area contributed by atoms with Crippen LogP contribution >= 0.6 is 11.8 Å². The maximum absolute atomic E-state index is 12.4. The van der Waals surface area contributed by atoms with Gasteiger partial charge >= 0.3 is 0 Å². The minimum atomic E-state index is -0.332. The zero-order chi connectivity index (χ0) is 15.9. The van der Waals surface area contributed by atoms with E-state index in [1.54, 1.807) is 18.2 Å². The van der Waals surface area contributed by atoms with Crippen LogP contribution in [0.25, 0.3) is 0 Å². The normalized spacial score (nSPS) is 9.77. The molecule has 0 saturated heterocycles. The van der Waals surface area contributed by atoms with Gasteiger partial charge in [0, 0.05) is 11.4 Å². The number of anilines is 2. The van der Waals surface area contributed by atoms with Crippen molar-refractivity contribution in [2.24, 2.45) is 0 Å². The molecule has 0 spiro atoms. The van der Waals surface area contributed by atoms with Crippen molar-refractivity contribution in [2.45, 2.75) is 5.03 Å². The largest absolute Gasteiger partial charge is 0.383 e. The van der Waals surface area contributed by atoms with E-state index in [2.05, 4.69) is 16.9 Å². The van der Waals surface area contributed by atoms with E-state index in [0.717, 1.165) is 0 Å². The molecule has 0 radical (unpaired) electrons. The minimum absolute atomic E-state index is 0.116. The molecule has 0 unspecified atom stereocenters. The first kappa shape index (κ1) is 15.6. The zero-order valence-electron chi connectivity index (χ0n) is 11.7. The molecule has 1 aromatic carbocycles. The quantitative estimate of drug-likeness (QED) is 0.654. The van der Waals surface area contributed by atoms with Crippen molar-refractivity contribution in [1.29, 1.82) is 5.26 Å². The second-order valence-electron chi connectivity index (χ2n) is 4.31. The average Bonchev–Trinajstić information content (AvgIpc) is 2.53. The number of thioether (sulfide) groups is 1. The number of nitrogens with zero attached hydrogens (tertiary/aromatic N) is 2. The smallest absolute Gasteiger partial charge is 0.258 e. The number of nitrogens with one attached hydrogen (secondary N) is 1. The fraction of sp³-hybridized carbons (Fsp3) is 0.0625. The lowest BCUT2D eigenvalue weighted by atomic mass is 10.2. The zero-order valence-corrected chi connectivity index (χ0v) is 12.6. The molecule has 2 aromatic rings. The van der Waals surface area contributed by atoms with Gasteiger partial charge in [-0.05, 0) is 18.2 Å². The molecular weight excluding hydrogens is 296 g/mol. The first-order valence-electron chi connectivity index (χ1n) is 6.46. The summed E-state index contributed by atoms with van der Waals surface area (Å²) in [6.07, 6.45) is 1.71. The summed E-state index contributed by atoms with van der Waals surface area (Å²) in [7, 11) is 0. The number of pyridine rings is 1. The number of rotatable bonds is 5. The molecule has 0 aliphatic carbocycles. The average molecular weight is 310 g/mol. The van der Waals surface area contributed by atoms with Gasteiger partial charge in [0.2, 0.25) is 0 Å². The Kier molecular flexibility index (Phi) is 5.17. The number of carbonyl (C=O) groups excluding carboxylic acids is 1. The van der Waals surface area contributed by atoms with Gasteiger partial charge in [0.15, 0.2) is 0 Å². The lowest BCUT2D eigenvalue weighted by molar-refractivity contribution is 0.102. The van der Waals surface area contributed by atoms with Gasteiger partial charge in [-0.3, -0.25) is 4.79 Å². The van der Waals surface area contributed by atoms with E-state index in [-0.39, 0.29) is 17.3 Å². The predicted octanol–water partition coefficient (Wildman–Crippen LogP) is 3.07. The fourth-order valence-electron chi connectivity index (χ4n) is 1.73. The number of nitrogens with two attached hydrogens (primary N) is 1. The summed E-state index contributed by atoms with van der Waals surface area (Å²) in [6.45, 7) is 3.64. The Morgan fingerprint density at radius 2 is 2.18 bits per heavy atom. The van der Waals surface area contributed by atoms with Crippen LogP contribution in [0, 0.1) is 11.3 Å². The molecule has 1 amide bonds. The summed E-state index contributed by atoms with van der Waals surface area (Å²) in [5, 5.41) is 12.3. The number of nitrogen functional groups attached to an aromatic ring is 1. The second-order valence-corrected chi connectivity index (χ2v) is 5.31. The maximum Gasteiger partial charge on any atom is 0.258 e. The first-order valence-corrected chi connectivity index (χ1v) is 7.45. The number of hydrogen-bond acceptors (Lipinski definition) is 5. The Hall–Kier alpha value is -2.78. The SMILES string of the molecule is C=CCSc1nc(N)c(C#N)cc1C(=O)Nc1ccccc1. The predicted molar refractivity (Wildman–Crippen MR) is 88.7 cm³/mol. The number of amides is 1. The van der Waals surface area contributed by atoms with Gasteiger partial charge in [-0.2, -0.15) is 5.26 Å². The third-order valence-electron chi connectivity index (χ3n) is 2.75. The van der Waals surface area contributed by atoms with Gasteiger partial charge in [0.1, 0.15) is 16.9 Å². The summed E-state index contributed by atoms with van der Waals surface area (Å²) < 4.78 is 0. The lowest BCUT2D eigenvalue weighted by Gasteiger charge is -2.10. The molecule has 5 nitrogen and oxygen atoms in total. The summed E-state index contributed by atoms with van der Waals surface area (Å²) in [4.78, 5) is 16.6.